The zero-order valence-electron chi connectivity index (χ0n) is 15.7. The molecule has 136 valence electrons. The van der Waals surface area contributed by atoms with Gasteiger partial charge in [-0.3, -0.25) is 0 Å². The number of hydrogen-bond donors (Lipinski definition) is 2. The summed E-state index contributed by atoms with van der Waals surface area (Å²) in [5, 5.41) is 3.09. The van der Waals surface area contributed by atoms with Crippen LogP contribution in [0.5, 0.6) is 5.75 Å². The molecule has 26 heavy (non-hydrogen) atoms. The Hall–Kier alpha value is -3.02. The molecule has 0 aliphatic heterocycles. The summed E-state index contributed by atoms with van der Waals surface area (Å²) in [6.07, 6.45) is 0.150. The van der Waals surface area contributed by atoms with E-state index in [4.69, 9.17) is 10.5 Å². The molecule has 3 aromatic rings. The second-order valence-electron chi connectivity index (χ2n) is 6.60. The van der Waals surface area contributed by atoms with Gasteiger partial charge in [-0.25, -0.2) is 9.98 Å². The molecule has 0 atom stereocenters. The molecule has 1 aromatic heterocycles. The summed E-state index contributed by atoms with van der Waals surface area (Å²) in [7, 11) is 1.99. The van der Waals surface area contributed by atoms with Crippen LogP contribution in [0.1, 0.15) is 25.2 Å². The standard InChI is InChI=1S/C20H25N5O/c1-13(2)26-16-8-6-15(7-9-16)23-20(21)22-12-19-24-17-11-14(3)5-10-18(17)25(19)4/h5-11,13H,12H2,1-4H3,(H3,21,22,23). The fraction of sp³-hybridized carbons (Fsp3) is 0.300. The molecule has 0 amide bonds. The van der Waals surface area contributed by atoms with Crippen molar-refractivity contribution in [2.24, 2.45) is 17.8 Å². The van der Waals surface area contributed by atoms with Gasteiger partial charge in [0.25, 0.3) is 0 Å². The quantitative estimate of drug-likeness (QED) is 0.544. The first-order valence-corrected chi connectivity index (χ1v) is 8.68. The van der Waals surface area contributed by atoms with Crippen molar-refractivity contribution in [2.75, 3.05) is 5.32 Å². The number of imidazole rings is 1. The number of aliphatic imine (C=N–C) groups is 1. The first kappa shape index (κ1) is 17.8. The lowest BCUT2D eigenvalue weighted by molar-refractivity contribution is 0.242. The van der Waals surface area contributed by atoms with Crippen LogP contribution in [0.4, 0.5) is 5.69 Å². The molecule has 0 aliphatic carbocycles. The average molecular weight is 351 g/mol. The van der Waals surface area contributed by atoms with Gasteiger partial charge in [-0.2, -0.15) is 0 Å². The average Bonchev–Trinajstić information content (AvgIpc) is 2.89. The van der Waals surface area contributed by atoms with Crippen molar-refractivity contribution < 1.29 is 4.74 Å². The highest BCUT2D eigenvalue weighted by atomic mass is 16.5. The van der Waals surface area contributed by atoms with Gasteiger partial charge in [0, 0.05) is 12.7 Å². The summed E-state index contributed by atoms with van der Waals surface area (Å²) in [6.45, 7) is 6.47. The lowest BCUT2D eigenvalue weighted by Gasteiger charge is -2.11. The third kappa shape index (κ3) is 4.14. The first-order valence-electron chi connectivity index (χ1n) is 8.68. The van der Waals surface area contributed by atoms with Crippen LogP contribution in [0.15, 0.2) is 47.5 Å². The Morgan fingerprint density at radius 3 is 2.65 bits per heavy atom. The third-order valence-electron chi connectivity index (χ3n) is 4.02. The summed E-state index contributed by atoms with van der Waals surface area (Å²) in [6, 6.07) is 13.9. The molecule has 2 aromatic carbocycles. The SMILES string of the molecule is Cc1ccc2c(c1)nc(CN=C(N)Nc1ccc(OC(C)C)cc1)n2C. The summed E-state index contributed by atoms with van der Waals surface area (Å²) in [5.74, 6) is 2.05. The number of aromatic nitrogens is 2. The van der Waals surface area contributed by atoms with Gasteiger partial charge in [0.2, 0.25) is 0 Å². The normalized spacial score (nSPS) is 12.0. The van der Waals surface area contributed by atoms with Gasteiger partial charge in [-0.05, 0) is 62.7 Å². The van der Waals surface area contributed by atoms with Gasteiger partial charge in [-0.1, -0.05) is 6.07 Å². The number of rotatable bonds is 5. The van der Waals surface area contributed by atoms with Crippen molar-refractivity contribution in [2.45, 2.75) is 33.4 Å². The van der Waals surface area contributed by atoms with Crippen LogP contribution in [0.3, 0.4) is 0 Å². The predicted octanol–water partition coefficient (Wildman–Crippen LogP) is 3.60. The number of guanidine groups is 1. The molecule has 3 rings (SSSR count). The van der Waals surface area contributed by atoms with Crippen molar-refractivity contribution in [1.82, 2.24) is 9.55 Å². The molecule has 0 spiro atoms. The molecule has 0 fully saturated rings. The van der Waals surface area contributed by atoms with Crippen molar-refractivity contribution in [3.63, 3.8) is 0 Å². The Kier molecular flexibility index (Phi) is 5.11. The van der Waals surface area contributed by atoms with Gasteiger partial charge >= 0.3 is 0 Å². The van der Waals surface area contributed by atoms with Crippen molar-refractivity contribution in [1.29, 1.82) is 0 Å². The third-order valence-corrected chi connectivity index (χ3v) is 4.02. The van der Waals surface area contributed by atoms with Crippen LogP contribution in [0.2, 0.25) is 0 Å². The second kappa shape index (κ2) is 7.47. The smallest absolute Gasteiger partial charge is 0.193 e. The minimum absolute atomic E-state index is 0.150. The lowest BCUT2D eigenvalue weighted by atomic mass is 10.2. The largest absolute Gasteiger partial charge is 0.491 e. The Labute approximate surface area is 153 Å². The Morgan fingerprint density at radius 2 is 1.96 bits per heavy atom. The molecular formula is C20H25N5O. The number of fused-ring (bicyclic) bond motifs is 1. The van der Waals surface area contributed by atoms with Crippen molar-refractivity contribution >= 4 is 22.7 Å². The second-order valence-corrected chi connectivity index (χ2v) is 6.60. The van der Waals surface area contributed by atoms with Crippen LogP contribution < -0.4 is 15.8 Å². The zero-order chi connectivity index (χ0) is 18.7. The van der Waals surface area contributed by atoms with E-state index in [0.717, 1.165) is 28.3 Å². The van der Waals surface area contributed by atoms with E-state index in [9.17, 15) is 0 Å². The molecule has 1 heterocycles. The van der Waals surface area contributed by atoms with E-state index >= 15 is 0 Å². The molecule has 0 unspecified atom stereocenters. The molecule has 0 radical (unpaired) electrons. The van der Waals surface area contributed by atoms with Gasteiger partial charge in [-0.15, -0.1) is 0 Å². The monoisotopic (exact) mass is 351 g/mol. The number of ether oxygens (including phenoxy) is 1. The van der Waals surface area contributed by atoms with Gasteiger partial charge in [0.1, 0.15) is 18.1 Å². The molecular weight excluding hydrogens is 326 g/mol. The van der Waals surface area contributed by atoms with E-state index in [-0.39, 0.29) is 6.10 Å². The maximum absolute atomic E-state index is 6.01. The van der Waals surface area contributed by atoms with Crippen LogP contribution in [-0.4, -0.2) is 21.6 Å². The van der Waals surface area contributed by atoms with Crippen LogP contribution in [0, 0.1) is 6.92 Å². The molecule has 0 bridgehead atoms. The fourth-order valence-corrected chi connectivity index (χ4v) is 2.73. The van der Waals surface area contributed by atoms with E-state index in [1.165, 1.54) is 5.56 Å². The minimum atomic E-state index is 0.150. The maximum atomic E-state index is 6.01. The Morgan fingerprint density at radius 1 is 1.23 bits per heavy atom. The number of anilines is 1. The summed E-state index contributed by atoms with van der Waals surface area (Å²) >= 11 is 0. The number of hydrogen-bond acceptors (Lipinski definition) is 3. The number of aryl methyl sites for hydroxylation is 2. The van der Waals surface area contributed by atoms with E-state index < -0.39 is 0 Å². The van der Waals surface area contributed by atoms with Gasteiger partial charge in [0.15, 0.2) is 5.96 Å². The highest BCUT2D eigenvalue weighted by Gasteiger charge is 2.07. The van der Waals surface area contributed by atoms with Crippen molar-refractivity contribution in [3.05, 3.63) is 53.9 Å². The van der Waals surface area contributed by atoms with E-state index in [1.807, 2.05) is 49.7 Å². The Bertz CT molecular complexity index is 925. The molecule has 0 saturated heterocycles. The summed E-state index contributed by atoms with van der Waals surface area (Å²) < 4.78 is 7.67. The lowest BCUT2D eigenvalue weighted by Crippen LogP contribution is -2.22. The van der Waals surface area contributed by atoms with Gasteiger partial charge in [0.05, 0.1) is 17.1 Å². The maximum Gasteiger partial charge on any atom is 0.193 e. The van der Waals surface area contributed by atoms with Crippen molar-refractivity contribution in [3.8, 4) is 5.75 Å². The zero-order valence-corrected chi connectivity index (χ0v) is 15.7. The van der Waals surface area contributed by atoms with Crippen LogP contribution in [0.25, 0.3) is 11.0 Å². The highest BCUT2D eigenvalue weighted by Crippen LogP contribution is 2.18. The molecule has 6 heteroatoms. The fourth-order valence-electron chi connectivity index (χ4n) is 2.73. The molecule has 3 N–H and O–H groups in total. The Balaban J connectivity index is 1.68. The summed E-state index contributed by atoms with van der Waals surface area (Å²) in [4.78, 5) is 9.05. The van der Waals surface area contributed by atoms with E-state index in [1.54, 1.807) is 0 Å². The number of nitrogens with zero attached hydrogens (tertiary/aromatic N) is 3. The number of benzene rings is 2. The number of nitrogens with two attached hydrogens (primary N) is 1. The van der Waals surface area contributed by atoms with Crippen LogP contribution >= 0.6 is 0 Å². The number of nitrogens with one attached hydrogen (secondary N) is 1. The topological polar surface area (TPSA) is 77.5 Å². The minimum Gasteiger partial charge on any atom is -0.491 e. The summed E-state index contributed by atoms with van der Waals surface area (Å²) in [5.41, 5.74) is 10.1. The van der Waals surface area contributed by atoms with E-state index in [2.05, 4.69) is 40.4 Å². The van der Waals surface area contributed by atoms with Crippen LogP contribution in [-0.2, 0) is 13.6 Å². The first-order chi connectivity index (χ1) is 12.4. The molecule has 0 saturated carbocycles. The molecule has 0 aliphatic rings. The van der Waals surface area contributed by atoms with E-state index in [0.29, 0.717) is 12.5 Å². The highest BCUT2D eigenvalue weighted by molar-refractivity contribution is 5.92. The predicted molar refractivity (Wildman–Crippen MR) is 107 cm³/mol. The molecule has 6 nitrogen and oxygen atoms in total. The van der Waals surface area contributed by atoms with Gasteiger partial charge < -0.3 is 20.4 Å².